The van der Waals surface area contributed by atoms with E-state index in [4.69, 9.17) is 4.74 Å². The number of hydrogen-bond acceptors (Lipinski definition) is 4. The minimum Gasteiger partial charge on any atom is -0.373 e. The number of nitrogens with zero attached hydrogens (tertiary/aromatic N) is 3. The zero-order chi connectivity index (χ0) is 15.2. The predicted octanol–water partition coefficient (Wildman–Crippen LogP) is 1.56. The molecule has 22 heavy (non-hydrogen) atoms. The highest BCUT2D eigenvalue weighted by Crippen LogP contribution is 2.33. The van der Waals surface area contributed by atoms with Crippen LogP contribution in [0.5, 0.6) is 0 Å². The molecule has 0 unspecified atom stereocenters. The van der Waals surface area contributed by atoms with E-state index < -0.39 is 0 Å². The standard InChI is InChI=1S/C16H20N4O2/c21-15(6-8-20-12-17-11-19-20)18-10-14-7-9-22-16(14)13-4-2-1-3-5-13/h1-5,11-12,14,16H,6-10H2,(H,18,21)/t14-,16-/m0/s1. The fourth-order valence-corrected chi connectivity index (χ4v) is 2.75. The van der Waals surface area contributed by atoms with Crippen molar-refractivity contribution in [3.8, 4) is 0 Å². The third kappa shape index (κ3) is 3.71. The van der Waals surface area contributed by atoms with Crippen molar-refractivity contribution in [3.05, 3.63) is 48.5 Å². The average molecular weight is 300 g/mol. The van der Waals surface area contributed by atoms with Gasteiger partial charge >= 0.3 is 0 Å². The van der Waals surface area contributed by atoms with E-state index in [1.807, 2.05) is 18.2 Å². The van der Waals surface area contributed by atoms with E-state index in [2.05, 4.69) is 27.5 Å². The molecular weight excluding hydrogens is 280 g/mol. The fourth-order valence-electron chi connectivity index (χ4n) is 2.75. The van der Waals surface area contributed by atoms with Gasteiger partial charge in [0.25, 0.3) is 0 Å². The van der Waals surface area contributed by atoms with Gasteiger partial charge in [-0.25, -0.2) is 4.98 Å². The van der Waals surface area contributed by atoms with Crippen LogP contribution in [0.1, 0.15) is 24.5 Å². The number of aromatic nitrogens is 3. The van der Waals surface area contributed by atoms with E-state index in [0.29, 0.717) is 25.4 Å². The van der Waals surface area contributed by atoms with Crippen LogP contribution in [-0.2, 0) is 16.1 Å². The molecule has 116 valence electrons. The molecule has 0 saturated carbocycles. The molecule has 1 aliphatic rings. The van der Waals surface area contributed by atoms with E-state index >= 15 is 0 Å². The number of nitrogens with one attached hydrogen (secondary N) is 1. The van der Waals surface area contributed by atoms with Crippen molar-refractivity contribution < 1.29 is 9.53 Å². The smallest absolute Gasteiger partial charge is 0.221 e. The van der Waals surface area contributed by atoms with Crippen LogP contribution in [0.3, 0.4) is 0 Å². The van der Waals surface area contributed by atoms with Gasteiger partial charge in [0, 0.05) is 25.5 Å². The first-order chi connectivity index (χ1) is 10.8. The summed E-state index contributed by atoms with van der Waals surface area (Å²) < 4.78 is 7.49. The molecule has 2 heterocycles. The average Bonchev–Trinajstić information content (AvgIpc) is 3.23. The maximum atomic E-state index is 11.9. The van der Waals surface area contributed by atoms with Gasteiger partial charge in [-0.1, -0.05) is 30.3 Å². The summed E-state index contributed by atoms with van der Waals surface area (Å²) >= 11 is 0. The van der Waals surface area contributed by atoms with Gasteiger partial charge in [-0.05, 0) is 12.0 Å². The lowest BCUT2D eigenvalue weighted by atomic mass is 9.95. The Balaban J connectivity index is 1.47. The van der Waals surface area contributed by atoms with Gasteiger partial charge in [-0.15, -0.1) is 0 Å². The van der Waals surface area contributed by atoms with Gasteiger partial charge in [0.1, 0.15) is 12.7 Å². The Bertz CT molecular complexity index is 585. The summed E-state index contributed by atoms with van der Waals surface area (Å²) in [4.78, 5) is 15.8. The van der Waals surface area contributed by atoms with Gasteiger partial charge in [-0.2, -0.15) is 5.10 Å². The lowest BCUT2D eigenvalue weighted by Gasteiger charge is -2.19. The van der Waals surface area contributed by atoms with Crippen LogP contribution in [0.25, 0.3) is 0 Å². The molecule has 6 heteroatoms. The van der Waals surface area contributed by atoms with Crippen LogP contribution < -0.4 is 5.32 Å². The van der Waals surface area contributed by atoms with E-state index in [9.17, 15) is 4.79 Å². The molecule has 1 aliphatic heterocycles. The van der Waals surface area contributed by atoms with Crippen LogP contribution >= 0.6 is 0 Å². The minimum absolute atomic E-state index is 0.0363. The first-order valence-electron chi connectivity index (χ1n) is 7.58. The molecule has 1 N–H and O–H groups in total. The van der Waals surface area contributed by atoms with Gasteiger partial charge in [0.15, 0.2) is 0 Å². The topological polar surface area (TPSA) is 69.0 Å². The molecule has 1 amide bonds. The second kappa shape index (κ2) is 7.17. The number of ether oxygens (including phenoxy) is 1. The zero-order valence-corrected chi connectivity index (χ0v) is 12.4. The minimum atomic E-state index is 0.0363. The molecule has 1 fully saturated rings. The Hall–Kier alpha value is -2.21. The SMILES string of the molecule is O=C(CCn1cncn1)NC[C@@H]1CCO[C@H]1c1ccccc1. The molecule has 0 bridgehead atoms. The van der Waals surface area contributed by atoms with Gasteiger partial charge in [0.2, 0.25) is 5.91 Å². The lowest BCUT2D eigenvalue weighted by Crippen LogP contribution is -2.31. The number of hydrogen-bond donors (Lipinski definition) is 1. The summed E-state index contributed by atoms with van der Waals surface area (Å²) in [6.07, 6.45) is 4.55. The van der Waals surface area contributed by atoms with E-state index in [1.54, 1.807) is 11.0 Å². The van der Waals surface area contributed by atoms with Crippen molar-refractivity contribution in [1.29, 1.82) is 0 Å². The second-order valence-corrected chi connectivity index (χ2v) is 5.46. The Morgan fingerprint density at radius 2 is 2.23 bits per heavy atom. The van der Waals surface area contributed by atoms with Crippen LogP contribution in [0, 0.1) is 5.92 Å². The molecule has 0 spiro atoms. The van der Waals surface area contributed by atoms with Crippen molar-refractivity contribution >= 4 is 5.91 Å². The van der Waals surface area contributed by atoms with Crippen LogP contribution in [0.2, 0.25) is 0 Å². The number of carbonyl (C=O) groups excluding carboxylic acids is 1. The monoisotopic (exact) mass is 300 g/mol. The molecule has 1 aromatic carbocycles. The maximum Gasteiger partial charge on any atom is 0.221 e. The first-order valence-corrected chi connectivity index (χ1v) is 7.58. The number of amides is 1. The molecule has 2 atom stereocenters. The van der Waals surface area contributed by atoms with Crippen molar-refractivity contribution in [3.63, 3.8) is 0 Å². The summed E-state index contributed by atoms with van der Waals surface area (Å²) in [6.45, 7) is 1.95. The lowest BCUT2D eigenvalue weighted by molar-refractivity contribution is -0.121. The van der Waals surface area contributed by atoms with Crippen molar-refractivity contribution in [1.82, 2.24) is 20.1 Å². The Morgan fingerprint density at radius 1 is 1.36 bits per heavy atom. The molecule has 0 radical (unpaired) electrons. The molecule has 3 rings (SSSR count). The number of rotatable bonds is 6. The summed E-state index contributed by atoms with van der Waals surface area (Å²) in [5, 5.41) is 6.99. The first kappa shape index (κ1) is 14.7. The molecular formula is C16H20N4O2. The summed E-state index contributed by atoms with van der Waals surface area (Å²) in [7, 11) is 0. The van der Waals surface area contributed by atoms with Gasteiger partial charge in [-0.3, -0.25) is 9.48 Å². The number of carbonyl (C=O) groups is 1. The maximum absolute atomic E-state index is 11.9. The summed E-state index contributed by atoms with van der Waals surface area (Å²) in [6, 6.07) is 10.2. The van der Waals surface area contributed by atoms with Crippen LogP contribution in [-0.4, -0.2) is 33.8 Å². The third-order valence-corrected chi connectivity index (χ3v) is 3.94. The van der Waals surface area contributed by atoms with Crippen molar-refractivity contribution in [2.24, 2.45) is 5.92 Å². The summed E-state index contributed by atoms with van der Waals surface area (Å²) in [5.74, 6) is 0.368. The summed E-state index contributed by atoms with van der Waals surface area (Å²) in [5.41, 5.74) is 1.18. The highest BCUT2D eigenvalue weighted by Gasteiger charge is 2.29. The third-order valence-electron chi connectivity index (χ3n) is 3.94. The van der Waals surface area contributed by atoms with E-state index in [1.165, 1.54) is 11.9 Å². The predicted molar refractivity (Wildman–Crippen MR) is 80.9 cm³/mol. The molecule has 2 aromatic rings. The second-order valence-electron chi connectivity index (χ2n) is 5.46. The van der Waals surface area contributed by atoms with Crippen molar-refractivity contribution in [2.75, 3.05) is 13.2 Å². The van der Waals surface area contributed by atoms with Crippen molar-refractivity contribution in [2.45, 2.75) is 25.5 Å². The Kier molecular flexibility index (Phi) is 4.80. The van der Waals surface area contributed by atoms with E-state index in [-0.39, 0.29) is 12.0 Å². The van der Waals surface area contributed by atoms with Crippen LogP contribution in [0.4, 0.5) is 0 Å². The van der Waals surface area contributed by atoms with Gasteiger partial charge < -0.3 is 10.1 Å². The fraction of sp³-hybridized carbons (Fsp3) is 0.438. The molecule has 1 saturated heterocycles. The highest BCUT2D eigenvalue weighted by atomic mass is 16.5. The molecule has 6 nitrogen and oxygen atoms in total. The number of aryl methyl sites for hydroxylation is 1. The molecule has 1 aromatic heterocycles. The quantitative estimate of drug-likeness (QED) is 0.879. The Morgan fingerprint density at radius 3 is 3.00 bits per heavy atom. The largest absolute Gasteiger partial charge is 0.373 e. The van der Waals surface area contributed by atoms with Gasteiger partial charge in [0.05, 0.1) is 12.6 Å². The van der Waals surface area contributed by atoms with Crippen LogP contribution in [0.15, 0.2) is 43.0 Å². The van der Waals surface area contributed by atoms with E-state index in [0.717, 1.165) is 13.0 Å². The zero-order valence-electron chi connectivity index (χ0n) is 12.4. The highest BCUT2D eigenvalue weighted by molar-refractivity contribution is 5.75. The Labute approximate surface area is 129 Å². The number of benzene rings is 1. The normalized spacial score (nSPS) is 20.9. The molecule has 0 aliphatic carbocycles.